The number of likely N-dealkylation sites (tertiary alicyclic amines) is 1. The third-order valence-corrected chi connectivity index (χ3v) is 4.89. The van der Waals surface area contributed by atoms with Crippen molar-refractivity contribution in [1.29, 1.82) is 0 Å². The number of amides is 3. The largest absolute Gasteiger partial charge is 0.472 e. The SMILES string of the molecule is O=C(CN1CCN(C(=O)c2ccoc2)CC1)NCCCN1CCCC1=O. The van der Waals surface area contributed by atoms with Crippen LogP contribution in [0.4, 0.5) is 0 Å². The Morgan fingerprint density at radius 1 is 1.15 bits per heavy atom. The van der Waals surface area contributed by atoms with Crippen LogP contribution in [0.5, 0.6) is 0 Å². The molecule has 2 aliphatic heterocycles. The molecule has 0 radical (unpaired) electrons. The minimum Gasteiger partial charge on any atom is -0.472 e. The lowest BCUT2D eigenvalue weighted by atomic mass is 10.2. The number of furan rings is 1. The maximum absolute atomic E-state index is 12.2. The van der Waals surface area contributed by atoms with Gasteiger partial charge in [0.1, 0.15) is 6.26 Å². The van der Waals surface area contributed by atoms with Crippen molar-refractivity contribution >= 4 is 17.7 Å². The van der Waals surface area contributed by atoms with Crippen LogP contribution in [-0.4, -0.2) is 84.8 Å². The molecule has 142 valence electrons. The average Bonchev–Trinajstić information content (AvgIpc) is 3.31. The van der Waals surface area contributed by atoms with Gasteiger partial charge < -0.3 is 19.5 Å². The van der Waals surface area contributed by atoms with Crippen LogP contribution in [0.15, 0.2) is 23.0 Å². The van der Waals surface area contributed by atoms with Gasteiger partial charge in [0.2, 0.25) is 11.8 Å². The molecule has 0 aromatic carbocycles. The zero-order valence-corrected chi connectivity index (χ0v) is 15.0. The maximum atomic E-state index is 12.2. The number of hydrogen-bond acceptors (Lipinski definition) is 5. The fourth-order valence-corrected chi connectivity index (χ4v) is 3.37. The second-order valence-electron chi connectivity index (χ2n) is 6.77. The predicted octanol–water partition coefficient (Wildman–Crippen LogP) is 0.166. The van der Waals surface area contributed by atoms with Gasteiger partial charge in [0, 0.05) is 52.2 Å². The van der Waals surface area contributed by atoms with E-state index in [1.165, 1.54) is 12.5 Å². The second kappa shape index (κ2) is 8.84. The first-order chi connectivity index (χ1) is 12.6. The summed E-state index contributed by atoms with van der Waals surface area (Å²) in [4.78, 5) is 41.5. The van der Waals surface area contributed by atoms with Crippen LogP contribution in [0.3, 0.4) is 0 Å². The molecule has 1 aromatic heterocycles. The molecular formula is C18H26N4O4. The first-order valence-electron chi connectivity index (χ1n) is 9.22. The fraction of sp³-hybridized carbons (Fsp3) is 0.611. The number of carbonyl (C=O) groups is 3. The fourth-order valence-electron chi connectivity index (χ4n) is 3.37. The number of hydrogen-bond donors (Lipinski definition) is 1. The van der Waals surface area contributed by atoms with Crippen molar-refractivity contribution in [3.05, 3.63) is 24.2 Å². The van der Waals surface area contributed by atoms with Crippen molar-refractivity contribution in [2.24, 2.45) is 0 Å². The topological polar surface area (TPSA) is 86.1 Å². The van der Waals surface area contributed by atoms with E-state index in [0.717, 1.165) is 19.4 Å². The van der Waals surface area contributed by atoms with Crippen LogP contribution in [0.25, 0.3) is 0 Å². The summed E-state index contributed by atoms with van der Waals surface area (Å²) in [6.07, 6.45) is 5.33. The number of nitrogens with zero attached hydrogens (tertiary/aromatic N) is 3. The van der Waals surface area contributed by atoms with E-state index in [4.69, 9.17) is 4.42 Å². The smallest absolute Gasteiger partial charge is 0.257 e. The van der Waals surface area contributed by atoms with E-state index in [1.54, 1.807) is 11.0 Å². The lowest BCUT2D eigenvalue weighted by Crippen LogP contribution is -2.51. The van der Waals surface area contributed by atoms with Crippen molar-refractivity contribution < 1.29 is 18.8 Å². The Bertz CT molecular complexity index is 623. The number of carbonyl (C=O) groups excluding carboxylic acids is 3. The molecule has 3 rings (SSSR count). The summed E-state index contributed by atoms with van der Waals surface area (Å²) in [5.41, 5.74) is 0.563. The van der Waals surface area contributed by atoms with Crippen molar-refractivity contribution in [3.63, 3.8) is 0 Å². The summed E-state index contributed by atoms with van der Waals surface area (Å²) in [5.74, 6) is 0.186. The normalized spacial score (nSPS) is 18.4. The molecule has 3 amide bonds. The summed E-state index contributed by atoms with van der Waals surface area (Å²) in [5, 5.41) is 2.91. The highest BCUT2D eigenvalue weighted by molar-refractivity contribution is 5.93. The third kappa shape index (κ3) is 4.85. The molecule has 2 saturated heterocycles. The first kappa shape index (κ1) is 18.4. The Morgan fingerprint density at radius 3 is 2.62 bits per heavy atom. The molecule has 0 unspecified atom stereocenters. The van der Waals surface area contributed by atoms with Gasteiger partial charge in [0.15, 0.2) is 0 Å². The Hall–Kier alpha value is -2.35. The van der Waals surface area contributed by atoms with E-state index < -0.39 is 0 Å². The minimum absolute atomic E-state index is 0.00707. The van der Waals surface area contributed by atoms with E-state index in [-0.39, 0.29) is 17.7 Å². The van der Waals surface area contributed by atoms with Crippen LogP contribution >= 0.6 is 0 Å². The molecule has 0 spiro atoms. The van der Waals surface area contributed by atoms with Crippen molar-refractivity contribution in [3.8, 4) is 0 Å². The molecule has 8 nitrogen and oxygen atoms in total. The molecule has 0 atom stereocenters. The Kier molecular flexibility index (Phi) is 6.27. The monoisotopic (exact) mass is 362 g/mol. The van der Waals surface area contributed by atoms with Crippen molar-refractivity contribution in [1.82, 2.24) is 20.0 Å². The first-order valence-corrected chi connectivity index (χ1v) is 9.22. The molecule has 2 fully saturated rings. The maximum Gasteiger partial charge on any atom is 0.257 e. The van der Waals surface area contributed by atoms with Gasteiger partial charge in [0.25, 0.3) is 5.91 Å². The number of rotatable bonds is 7. The number of nitrogens with one attached hydrogen (secondary N) is 1. The van der Waals surface area contributed by atoms with Gasteiger partial charge in [-0.2, -0.15) is 0 Å². The summed E-state index contributed by atoms with van der Waals surface area (Å²) >= 11 is 0. The van der Waals surface area contributed by atoms with Gasteiger partial charge in [0.05, 0.1) is 18.4 Å². The summed E-state index contributed by atoms with van der Waals surface area (Å²) < 4.78 is 4.95. The summed E-state index contributed by atoms with van der Waals surface area (Å²) in [6, 6.07) is 1.66. The summed E-state index contributed by atoms with van der Waals surface area (Å²) in [6.45, 7) is 5.06. The lowest BCUT2D eigenvalue weighted by molar-refractivity contribution is -0.127. The van der Waals surface area contributed by atoms with Gasteiger partial charge in [-0.3, -0.25) is 19.3 Å². The molecule has 3 heterocycles. The van der Waals surface area contributed by atoms with Gasteiger partial charge in [-0.25, -0.2) is 0 Å². The molecule has 2 aliphatic rings. The van der Waals surface area contributed by atoms with Crippen LogP contribution < -0.4 is 5.32 Å². The van der Waals surface area contributed by atoms with Crippen LogP contribution in [-0.2, 0) is 9.59 Å². The highest BCUT2D eigenvalue weighted by atomic mass is 16.3. The average molecular weight is 362 g/mol. The molecule has 1 N–H and O–H groups in total. The predicted molar refractivity (Wildman–Crippen MR) is 94.5 cm³/mol. The lowest BCUT2D eigenvalue weighted by Gasteiger charge is -2.34. The molecule has 1 aromatic rings. The molecule has 26 heavy (non-hydrogen) atoms. The van der Waals surface area contributed by atoms with E-state index in [9.17, 15) is 14.4 Å². The van der Waals surface area contributed by atoms with Gasteiger partial charge in [-0.15, -0.1) is 0 Å². The zero-order valence-electron chi connectivity index (χ0n) is 15.0. The van der Waals surface area contributed by atoms with Gasteiger partial charge in [-0.05, 0) is 18.9 Å². The molecule has 0 saturated carbocycles. The third-order valence-electron chi connectivity index (χ3n) is 4.89. The van der Waals surface area contributed by atoms with E-state index in [0.29, 0.717) is 57.8 Å². The van der Waals surface area contributed by atoms with Crippen LogP contribution in [0.2, 0.25) is 0 Å². The van der Waals surface area contributed by atoms with Gasteiger partial charge >= 0.3 is 0 Å². The molecule has 8 heteroatoms. The van der Waals surface area contributed by atoms with Crippen LogP contribution in [0, 0.1) is 0 Å². The van der Waals surface area contributed by atoms with Crippen LogP contribution in [0.1, 0.15) is 29.6 Å². The summed E-state index contributed by atoms with van der Waals surface area (Å²) in [7, 11) is 0. The Balaban J connectivity index is 1.29. The molecule has 0 bridgehead atoms. The standard InChI is InChI=1S/C18H26N4O4/c23-16(19-5-2-7-21-6-1-3-17(21)24)13-20-8-10-22(11-9-20)18(25)15-4-12-26-14-15/h4,12,14H,1-3,5-11,13H2,(H,19,23). The minimum atomic E-state index is -0.0284. The highest BCUT2D eigenvalue weighted by Gasteiger charge is 2.24. The second-order valence-corrected chi connectivity index (χ2v) is 6.77. The number of piperazine rings is 1. The van der Waals surface area contributed by atoms with Crippen molar-refractivity contribution in [2.45, 2.75) is 19.3 Å². The quantitative estimate of drug-likeness (QED) is 0.699. The van der Waals surface area contributed by atoms with Crippen molar-refractivity contribution in [2.75, 3.05) is 52.4 Å². The Morgan fingerprint density at radius 2 is 1.96 bits per heavy atom. The van der Waals surface area contributed by atoms with E-state index in [2.05, 4.69) is 10.2 Å². The molecule has 0 aliphatic carbocycles. The van der Waals surface area contributed by atoms with E-state index >= 15 is 0 Å². The zero-order chi connectivity index (χ0) is 18.4. The van der Waals surface area contributed by atoms with E-state index in [1.807, 2.05) is 4.90 Å². The molecular weight excluding hydrogens is 336 g/mol. The Labute approximate surface area is 153 Å². The van der Waals surface area contributed by atoms with Gasteiger partial charge in [-0.1, -0.05) is 0 Å². The highest BCUT2D eigenvalue weighted by Crippen LogP contribution is 2.10.